The number of hydrogen-bond donors (Lipinski definition) is 0. The summed E-state index contributed by atoms with van der Waals surface area (Å²) in [7, 11) is 7.72. The monoisotopic (exact) mass is 161 g/mol. The van der Waals surface area contributed by atoms with Gasteiger partial charge in [0.2, 0.25) is 0 Å². The predicted molar refractivity (Wildman–Crippen MR) is 45.8 cm³/mol. The van der Waals surface area contributed by atoms with Gasteiger partial charge in [0.1, 0.15) is 19.3 Å². The first-order valence-electron chi connectivity index (χ1n) is 3.08. The minimum absolute atomic E-state index is 0.730. The van der Waals surface area contributed by atoms with Gasteiger partial charge in [0.05, 0.1) is 0 Å². The number of halogens is 1. The van der Waals surface area contributed by atoms with Crippen molar-refractivity contribution < 1.29 is 4.58 Å². The average Bonchev–Trinajstić information content (AvgIpc) is 1.82. The molecule has 0 saturated carbocycles. The fourth-order valence-corrected chi connectivity index (χ4v) is 0.416. The zero-order chi connectivity index (χ0) is 8.15. The fourth-order valence-electron chi connectivity index (χ4n) is 0.360. The lowest BCUT2D eigenvalue weighted by atomic mass is 10.6. The number of rotatable bonds is 2. The summed E-state index contributed by atoms with van der Waals surface area (Å²) in [6.07, 6.45) is 3.75. The standard InChI is InChI=1S/C7H14ClN2/c1-9(2)6-5-7(8)10(3)4/h5-6H,1-4H3/q+1. The SMILES string of the molecule is CN(C)/C(Cl)=C/C=[N+](C)C. The molecule has 0 unspecified atom stereocenters. The first-order chi connectivity index (χ1) is 4.54. The molecule has 0 heterocycles. The Hall–Kier alpha value is -0.500. The number of nitrogens with zero attached hydrogens (tertiary/aromatic N) is 2. The van der Waals surface area contributed by atoms with Crippen molar-refractivity contribution in [2.24, 2.45) is 0 Å². The van der Waals surface area contributed by atoms with Crippen LogP contribution in [0.1, 0.15) is 0 Å². The molecule has 0 atom stereocenters. The second-order valence-electron chi connectivity index (χ2n) is 2.50. The predicted octanol–water partition coefficient (Wildman–Crippen LogP) is 0.971. The number of allylic oxidation sites excluding steroid dienone is 1. The lowest BCUT2D eigenvalue weighted by Crippen LogP contribution is -2.07. The van der Waals surface area contributed by atoms with Gasteiger partial charge in [0.15, 0.2) is 6.21 Å². The van der Waals surface area contributed by atoms with Crippen LogP contribution in [0.25, 0.3) is 0 Å². The van der Waals surface area contributed by atoms with Crippen LogP contribution in [0.3, 0.4) is 0 Å². The Kier molecular flexibility index (Phi) is 4.12. The zero-order valence-electron chi connectivity index (χ0n) is 6.93. The summed E-state index contributed by atoms with van der Waals surface area (Å²) < 4.78 is 1.94. The molecule has 0 aliphatic heterocycles. The summed E-state index contributed by atoms with van der Waals surface area (Å²) in [4.78, 5) is 1.85. The van der Waals surface area contributed by atoms with Gasteiger partial charge in [-0.25, -0.2) is 4.58 Å². The molecule has 3 heteroatoms. The minimum Gasteiger partial charge on any atom is -0.368 e. The summed E-state index contributed by atoms with van der Waals surface area (Å²) in [5.74, 6) is 0. The lowest BCUT2D eigenvalue weighted by Gasteiger charge is -2.07. The molecule has 58 valence electrons. The van der Waals surface area contributed by atoms with Crippen LogP contribution in [0.4, 0.5) is 0 Å². The topological polar surface area (TPSA) is 6.25 Å². The summed E-state index contributed by atoms with van der Waals surface area (Å²) in [6, 6.07) is 0. The van der Waals surface area contributed by atoms with Gasteiger partial charge < -0.3 is 4.90 Å². The van der Waals surface area contributed by atoms with E-state index in [4.69, 9.17) is 11.6 Å². The van der Waals surface area contributed by atoms with Crippen molar-refractivity contribution in [2.75, 3.05) is 28.2 Å². The number of hydrogen-bond acceptors (Lipinski definition) is 1. The third kappa shape index (κ3) is 4.39. The Labute approximate surface area is 67.4 Å². The second kappa shape index (κ2) is 4.34. The van der Waals surface area contributed by atoms with Gasteiger partial charge >= 0.3 is 0 Å². The van der Waals surface area contributed by atoms with Crippen LogP contribution >= 0.6 is 11.6 Å². The molecule has 2 nitrogen and oxygen atoms in total. The molecule has 0 aliphatic carbocycles. The van der Waals surface area contributed by atoms with Gasteiger partial charge in [-0.1, -0.05) is 11.6 Å². The van der Waals surface area contributed by atoms with E-state index in [-0.39, 0.29) is 0 Å². The van der Waals surface area contributed by atoms with E-state index in [1.165, 1.54) is 0 Å². The highest BCUT2D eigenvalue weighted by molar-refractivity contribution is 6.30. The van der Waals surface area contributed by atoms with E-state index >= 15 is 0 Å². The van der Waals surface area contributed by atoms with Crippen molar-refractivity contribution in [1.29, 1.82) is 0 Å². The van der Waals surface area contributed by atoms with Crippen molar-refractivity contribution in [3.05, 3.63) is 11.2 Å². The first kappa shape index (κ1) is 9.50. The van der Waals surface area contributed by atoms with Crippen molar-refractivity contribution in [2.45, 2.75) is 0 Å². The van der Waals surface area contributed by atoms with Crippen LogP contribution in [-0.4, -0.2) is 43.9 Å². The van der Waals surface area contributed by atoms with E-state index in [0.29, 0.717) is 0 Å². The van der Waals surface area contributed by atoms with Crippen LogP contribution in [0, 0.1) is 0 Å². The molecule has 0 rings (SSSR count). The van der Waals surface area contributed by atoms with Crippen LogP contribution in [-0.2, 0) is 0 Å². The summed E-state index contributed by atoms with van der Waals surface area (Å²) in [6.45, 7) is 0. The highest BCUT2D eigenvalue weighted by Gasteiger charge is 1.91. The minimum atomic E-state index is 0.730. The maximum absolute atomic E-state index is 5.79. The van der Waals surface area contributed by atoms with E-state index in [1.807, 2.05) is 50.0 Å². The highest BCUT2D eigenvalue weighted by atomic mass is 35.5. The highest BCUT2D eigenvalue weighted by Crippen LogP contribution is 2.00. The summed E-state index contributed by atoms with van der Waals surface area (Å²) >= 11 is 5.79. The Morgan fingerprint density at radius 2 is 1.90 bits per heavy atom. The van der Waals surface area contributed by atoms with Crippen LogP contribution in [0.15, 0.2) is 11.2 Å². The maximum Gasteiger partial charge on any atom is 0.165 e. The van der Waals surface area contributed by atoms with Crippen molar-refractivity contribution in [1.82, 2.24) is 4.90 Å². The van der Waals surface area contributed by atoms with Crippen LogP contribution < -0.4 is 0 Å². The molecule has 0 aliphatic rings. The van der Waals surface area contributed by atoms with Crippen LogP contribution in [0.2, 0.25) is 0 Å². The Morgan fingerprint density at radius 1 is 1.40 bits per heavy atom. The second-order valence-corrected chi connectivity index (χ2v) is 2.88. The quantitative estimate of drug-likeness (QED) is 0.333. The third-order valence-corrected chi connectivity index (χ3v) is 1.40. The fraction of sp³-hybridized carbons (Fsp3) is 0.571. The van der Waals surface area contributed by atoms with Gasteiger partial charge in [-0.2, -0.15) is 0 Å². The van der Waals surface area contributed by atoms with E-state index < -0.39 is 0 Å². The van der Waals surface area contributed by atoms with E-state index in [9.17, 15) is 0 Å². The summed E-state index contributed by atoms with van der Waals surface area (Å²) in [5, 5.41) is 0.730. The molecule has 0 N–H and O–H groups in total. The molecule has 0 saturated heterocycles. The molecule has 0 radical (unpaired) electrons. The molecule has 0 aromatic carbocycles. The van der Waals surface area contributed by atoms with E-state index in [1.54, 1.807) is 0 Å². The summed E-state index contributed by atoms with van der Waals surface area (Å²) in [5.41, 5.74) is 0. The maximum atomic E-state index is 5.79. The molecule has 0 bridgehead atoms. The van der Waals surface area contributed by atoms with Gasteiger partial charge in [0.25, 0.3) is 0 Å². The molecule has 10 heavy (non-hydrogen) atoms. The smallest absolute Gasteiger partial charge is 0.165 e. The van der Waals surface area contributed by atoms with Gasteiger partial charge in [-0.15, -0.1) is 0 Å². The zero-order valence-corrected chi connectivity index (χ0v) is 7.68. The average molecular weight is 162 g/mol. The Balaban J connectivity index is 4.05. The lowest BCUT2D eigenvalue weighted by molar-refractivity contribution is -0.458. The van der Waals surface area contributed by atoms with Gasteiger partial charge in [-0.05, 0) is 0 Å². The molecule has 0 aromatic rings. The molecule has 0 aromatic heterocycles. The normalized spacial score (nSPS) is 11.1. The van der Waals surface area contributed by atoms with Crippen molar-refractivity contribution in [3.8, 4) is 0 Å². The molecule has 0 fully saturated rings. The van der Waals surface area contributed by atoms with Gasteiger partial charge in [-0.3, -0.25) is 0 Å². The molecule has 0 spiro atoms. The molecule has 0 amide bonds. The first-order valence-corrected chi connectivity index (χ1v) is 3.46. The molecular weight excluding hydrogens is 148 g/mol. The van der Waals surface area contributed by atoms with E-state index in [0.717, 1.165) is 5.16 Å². The van der Waals surface area contributed by atoms with Crippen LogP contribution in [0.5, 0.6) is 0 Å². The van der Waals surface area contributed by atoms with Crippen molar-refractivity contribution >= 4 is 17.8 Å². The third-order valence-electron chi connectivity index (χ3n) is 0.937. The van der Waals surface area contributed by atoms with Gasteiger partial charge in [0, 0.05) is 20.2 Å². The van der Waals surface area contributed by atoms with E-state index in [2.05, 4.69) is 0 Å². The largest absolute Gasteiger partial charge is 0.368 e. The Morgan fingerprint density at radius 3 is 2.20 bits per heavy atom. The molecular formula is C7H14ClN2+. The Bertz CT molecular complexity index is 155. The van der Waals surface area contributed by atoms with Crippen molar-refractivity contribution in [3.63, 3.8) is 0 Å².